The van der Waals surface area contributed by atoms with E-state index >= 15 is 0 Å². The number of nitrogens with zero attached hydrogens (tertiary/aromatic N) is 1. The Morgan fingerprint density at radius 2 is 2.06 bits per heavy atom. The molecule has 3 heteroatoms. The van der Waals surface area contributed by atoms with E-state index in [-0.39, 0.29) is 5.54 Å². The van der Waals surface area contributed by atoms with Crippen molar-refractivity contribution in [2.75, 3.05) is 20.1 Å². The minimum absolute atomic E-state index is 0.223. The van der Waals surface area contributed by atoms with Crippen LogP contribution in [0.5, 0.6) is 0 Å². The summed E-state index contributed by atoms with van der Waals surface area (Å²) in [5, 5.41) is 3.88. The number of rotatable bonds is 3. The van der Waals surface area contributed by atoms with Gasteiger partial charge in [0.15, 0.2) is 0 Å². The van der Waals surface area contributed by atoms with Crippen molar-refractivity contribution in [3.63, 3.8) is 0 Å². The highest BCUT2D eigenvalue weighted by Gasteiger charge is 2.37. The molecule has 0 bridgehead atoms. The van der Waals surface area contributed by atoms with Crippen molar-refractivity contribution < 1.29 is 0 Å². The first-order valence-corrected chi connectivity index (χ1v) is 6.83. The van der Waals surface area contributed by atoms with Crippen LogP contribution in [0.1, 0.15) is 45.4 Å². The zero-order valence-corrected chi connectivity index (χ0v) is 10.8. The predicted octanol–water partition coefficient (Wildman–Crippen LogP) is 1.33. The van der Waals surface area contributed by atoms with Crippen molar-refractivity contribution in [1.82, 2.24) is 10.2 Å². The third-order valence-electron chi connectivity index (χ3n) is 4.64. The van der Waals surface area contributed by atoms with E-state index in [9.17, 15) is 0 Å². The van der Waals surface area contributed by atoms with Crippen molar-refractivity contribution in [2.24, 2.45) is 5.73 Å². The Morgan fingerprint density at radius 3 is 2.62 bits per heavy atom. The molecule has 1 heterocycles. The maximum absolute atomic E-state index is 6.04. The van der Waals surface area contributed by atoms with Crippen molar-refractivity contribution in [3.8, 4) is 0 Å². The zero-order chi connectivity index (χ0) is 11.6. The van der Waals surface area contributed by atoms with Gasteiger partial charge in [0.2, 0.25) is 0 Å². The first-order valence-electron chi connectivity index (χ1n) is 6.83. The number of nitrogens with one attached hydrogen (secondary N) is 1. The number of hydrogen-bond donors (Lipinski definition) is 2. The SMILES string of the molecule is CC1CC(CN)(NC2CCCC2)CCN1C. The van der Waals surface area contributed by atoms with Gasteiger partial charge in [-0.2, -0.15) is 0 Å². The van der Waals surface area contributed by atoms with Gasteiger partial charge in [0, 0.05) is 24.2 Å². The molecule has 1 saturated heterocycles. The molecule has 94 valence electrons. The molecule has 1 aliphatic heterocycles. The summed E-state index contributed by atoms with van der Waals surface area (Å²) < 4.78 is 0. The van der Waals surface area contributed by atoms with Crippen molar-refractivity contribution in [2.45, 2.75) is 63.1 Å². The summed E-state index contributed by atoms with van der Waals surface area (Å²) in [5.74, 6) is 0. The minimum atomic E-state index is 0.223. The van der Waals surface area contributed by atoms with Crippen LogP contribution < -0.4 is 11.1 Å². The topological polar surface area (TPSA) is 41.3 Å². The van der Waals surface area contributed by atoms with E-state index in [1.165, 1.54) is 45.1 Å². The molecule has 0 spiro atoms. The van der Waals surface area contributed by atoms with Gasteiger partial charge in [-0.05, 0) is 46.2 Å². The molecule has 1 saturated carbocycles. The highest BCUT2D eigenvalue weighted by Crippen LogP contribution is 2.28. The smallest absolute Gasteiger partial charge is 0.0333 e. The Morgan fingerprint density at radius 1 is 1.38 bits per heavy atom. The van der Waals surface area contributed by atoms with E-state index in [1.54, 1.807) is 0 Å². The molecule has 16 heavy (non-hydrogen) atoms. The molecule has 1 aliphatic carbocycles. The molecule has 0 aromatic heterocycles. The lowest BCUT2D eigenvalue weighted by atomic mass is 9.83. The lowest BCUT2D eigenvalue weighted by Crippen LogP contribution is -2.61. The van der Waals surface area contributed by atoms with Crippen molar-refractivity contribution in [3.05, 3.63) is 0 Å². The Bertz CT molecular complexity index is 225. The normalized spacial score (nSPS) is 38.1. The van der Waals surface area contributed by atoms with Gasteiger partial charge in [0.1, 0.15) is 0 Å². The first-order chi connectivity index (χ1) is 7.65. The van der Waals surface area contributed by atoms with E-state index in [0.29, 0.717) is 6.04 Å². The van der Waals surface area contributed by atoms with Gasteiger partial charge in [-0.3, -0.25) is 0 Å². The molecular weight excluding hydrogens is 198 g/mol. The van der Waals surface area contributed by atoms with Crippen LogP contribution in [0.3, 0.4) is 0 Å². The molecule has 2 atom stereocenters. The Balaban J connectivity index is 1.95. The Labute approximate surface area is 99.8 Å². The standard InChI is InChI=1S/C13H27N3/c1-11-9-13(10-14,7-8-16(11)2)15-12-5-3-4-6-12/h11-12,15H,3-10,14H2,1-2H3. The molecule has 3 nitrogen and oxygen atoms in total. The second-order valence-corrected chi connectivity index (χ2v) is 5.89. The van der Waals surface area contributed by atoms with Crippen LogP contribution in [0, 0.1) is 0 Å². The van der Waals surface area contributed by atoms with Crippen LogP contribution >= 0.6 is 0 Å². The van der Waals surface area contributed by atoms with E-state index < -0.39 is 0 Å². The molecule has 0 radical (unpaired) electrons. The Kier molecular flexibility index (Phi) is 3.88. The van der Waals surface area contributed by atoms with Gasteiger partial charge in [-0.1, -0.05) is 12.8 Å². The fraction of sp³-hybridized carbons (Fsp3) is 1.00. The van der Waals surface area contributed by atoms with E-state index in [4.69, 9.17) is 5.73 Å². The molecule has 3 N–H and O–H groups in total. The molecule has 2 fully saturated rings. The average Bonchev–Trinajstić information content (AvgIpc) is 2.76. The highest BCUT2D eigenvalue weighted by atomic mass is 15.2. The van der Waals surface area contributed by atoms with Gasteiger partial charge >= 0.3 is 0 Å². The van der Waals surface area contributed by atoms with Crippen LogP contribution in [0.4, 0.5) is 0 Å². The molecule has 2 rings (SSSR count). The fourth-order valence-electron chi connectivity index (χ4n) is 3.31. The van der Waals surface area contributed by atoms with E-state index in [0.717, 1.165) is 12.6 Å². The molecular formula is C13H27N3. The fourth-order valence-corrected chi connectivity index (χ4v) is 3.31. The summed E-state index contributed by atoms with van der Waals surface area (Å²) in [6, 6.07) is 1.39. The second-order valence-electron chi connectivity index (χ2n) is 5.89. The molecule has 0 aromatic rings. The van der Waals surface area contributed by atoms with E-state index in [1.807, 2.05) is 0 Å². The van der Waals surface area contributed by atoms with Crippen LogP contribution in [-0.2, 0) is 0 Å². The van der Waals surface area contributed by atoms with Gasteiger partial charge in [0.25, 0.3) is 0 Å². The Hall–Kier alpha value is -0.120. The maximum atomic E-state index is 6.04. The van der Waals surface area contributed by atoms with Gasteiger partial charge < -0.3 is 16.0 Å². The maximum Gasteiger partial charge on any atom is 0.0333 e. The summed E-state index contributed by atoms with van der Waals surface area (Å²) in [7, 11) is 2.22. The monoisotopic (exact) mass is 225 g/mol. The van der Waals surface area contributed by atoms with Crippen LogP contribution in [-0.4, -0.2) is 42.7 Å². The van der Waals surface area contributed by atoms with Crippen LogP contribution in [0.2, 0.25) is 0 Å². The number of piperidine rings is 1. The van der Waals surface area contributed by atoms with Gasteiger partial charge in [-0.15, -0.1) is 0 Å². The first kappa shape index (κ1) is 12.3. The molecule has 0 amide bonds. The molecule has 0 aromatic carbocycles. The zero-order valence-electron chi connectivity index (χ0n) is 10.8. The lowest BCUT2D eigenvalue weighted by Gasteiger charge is -2.46. The van der Waals surface area contributed by atoms with Crippen molar-refractivity contribution in [1.29, 1.82) is 0 Å². The average molecular weight is 225 g/mol. The molecule has 2 unspecified atom stereocenters. The lowest BCUT2D eigenvalue weighted by molar-refractivity contribution is 0.103. The molecule has 2 aliphatic rings. The largest absolute Gasteiger partial charge is 0.329 e. The summed E-state index contributed by atoms with van der Waals surface area (Å²) in [4.78, 5) is 2.45. The highest BCUT2D eigenvalue weighted by molar-refractivity contribution is 4.99. The van der Waals surface area contributed by atoms with Crippen LogP contribution in [0.15, 0.2) is 0 Å². The third-order valence-corrected chi connectivity index (χ3v) is 4.64. The van der Waals surface area contributed by atoms with Gasteiger partial charge in [-0.25, -0.2) is 0 Å². The quantitative estimate of drug-likeness (QED) is 0.761. The number of nitrogens with two attached hydrogens (primary N) is 1. The summed E-state index contributed by atoms with van der Waals surface area (Å²) in [6.45, 7) is 4.29. The predicted molar refractivity (Wildman–Crippen MR) is 68.5 cm³/mol. The summed E-state index contributed by atoms with van der Waals surface area (Å²) >= 11 is 0. The second kappa shape index (κ2) is 5.03. The van der Waals surface area contributed by atoms with Crippen molar-refractivity contribution >= 4 is 0 Å². The summed E-state index contributed by atoms with van der Waals surface area (Å²) in [6.07, 6.45) is 7.91. The number of hydrogen-bond acceptors (Lipinski definition) is 3. The summed E-state index contributed by atoms with van der Waals surface area (Å²) in [5.41, 5.74) is 6.27. The van der Waals surface area contributed by atoms with E-state index in [2.05, 4.69) is 24.2 Å². The minimum Gasteiger partial charge on any atom is -0.329 e. The van der Waals surface area contributed by atoms with Crippen LogP contribution in [0.25, 0.3) is 0 Å². The number of likely N-dealkylation sites (tertiary alicyclic amines) is 1. The third kappa shape index (κ3) is 2.58. The van der Waals surface area contributed by atoms with Gasteiger partial charge in [0.05, 0.1) is 0 Å².